The molecule has 0 bridgehead atoms. The van der Waals surface area contributed by atoms with E-state index >= 15 is 0 Å². The number of aliphatic hydroxyl groups is 1. The van der Waals surface area contributed by atoms with Crippen LogP contribution in [0.1, 0.15) is 47.5 Å². The molecule has 0 heterocycles. The molecule has 0 aliphatic rings. The molecule has 0 aromatic heterocycles. The Morgan fingerprint density at radius 3 is 2.24 bits per heavy atom. The van der Waals surface area contributed by atoms with E-state index in [-0.39, 0.29) is 11.5 Å². The first-order valence-corrected chi connectivity index (χ1v) is 6.74. The highest BCUT2D eigenvalue weighted by Crippen LogP contribution is 2.22. The average molecular weight is 245 g/mol. The van der Waals surface area contributed by atoms with Crippen molar-refractivity contribution < 1.29 is 9.84 Å². The summed E-state index contributed by atoms with van der Waals surface area (Å²) in [5, 5.41) is 10.1. The maximum Gasteiger partial charge on any atom is 0.0600 e. The topological polar surface area (TPSA) is 32.7 Å². The maximum absolute atomic E-state index is 10.1. The van der Waals surface area contributed by atoms with Crippen molar-refractivity contribution in [3.8, 4) is 0 Å². The van der Waals surface area contributed by atoms with Crippen LogP contribution in [0.3, 0.4) is 0 Å². The number of aliphatic hydroxyl groups excluding tert-OH is 1. The van der Waals surface area contributed by atoms with Gasteiger partial charge in [-0.3, -0.25) is 4.90 Å². The van der Waals surface area contributed by atoms with Crippen molar-refractivity contribution in [2.24, 2.45) is 5.41 Å². The fraction of sp³-hybridized carbons (Fsp3) is 1.00. The van der Waals surface area contributed by atoms with Crippen molar-refractivity contribution in [2.45, 2.75) is 59.6 Å². The average Bonchev–Trinajstić information content (AvgIpc) is 2.26. The van der Waals surface area contributed by atoms with Gasteiger partial charge in [-0.05, 0) is 25.2 Å². The minimum Gasteiger partial charge on any atom is -0.393 e. The fourth-order valence-electron chi connectivity index (χ4n) is 1.74. The van der Waals surface area contributed by atoms with Crippen LogP contribution < -0.4 is 0 Å². The van der Waals surface area contributed by atoms with Crippen LogP contribution in [-0.2, 0) is 4.74 Å². The minimum absolute atomic E-state index is 0.0254. The number of hydrogen-bond donors (Lipinski definition) is 1. The Balaban J connectivity index is 4.15. The van der Waals surface area contributed by atoms with E-state index in [0.29, 0.717) is 6.04 Å². The first kappa shape index (κ1) is 16.9. The zero-order chi connectivity index (χ0) is 13.5. The SMILES string of the molecule is CCC(C)N(CCOC)CCC(O)C(C)(C)C. The Labute approximate surface area is 107 Å². The quantitative estimate of drug-likeness (QED) is 0.713. The van der Waals surface area contributed by atoms with Crippen LogP contribution in [0.2, 0.25) is 0 Å². The van der Waals surface area contributed by atoms with E-state index in [9.17, 15) is 5.11 Å². The van der Waals surface area contributed by atoms with Gasteiger partial charge in [-0.2, -0.15) is 0 Å². The molecular formula is C14H31NO2. The molecule has 2 unspecified atom stereocenters. The summed E-state index contributed by atoms with van der Waals surface area (Å²) in [6, 6.07) is 0.553. The smallest absolute Gasteiger partial charge is 0.0600 e. The number of hydrogen-bond acceptors (Lipinski definition) is 3. The number of methoxy groups -OCH3 is 1. The highest BCUT2D eigenvalue weighted by Gasteiger charge is 2.23. The van der Waals surface area contributed by atoms with Crippen LogP contribution in [0.25, 0.3) is 0 Å². The molecule has 0 radical (unpaired) electrons. The Kier molecular flexibility index (Phi) is 8.01. The molecule has 2 atom stereocenters. The largest absolute Gasteiger partial charge is 0.393 e. The molecule has 3 heteroatoms. The van der Waals surface area contributed by atoms with Gasteiger partial charge in [0.15, 0.2) is 0 Å². The molecule has 0 fully saturated rings. The molecule has 0 rings (SSSR count). The zero-order valence-electron chi connectivity index (χ0n) is 12.5. The van der Waals surface area contributed by atoms with E-state index in [1.54, 1.807) is 7.11 Å². The lowest BCUT2D eigenvalue weighted by Crippen LogP contribution is -2.39. The zero-order valence-corrected chi connectivity index (χ0v) is 12.5. The molecule has 3 nitrogen and oxygen atoms in total. The van der Waals surface area contributed by atoms with E-state index in [1.807, 2.05) is 0 Å². The molecule has 0 amide bonds. The summed E-state index contributed by atoms with van der Waals surface area (Å²) in [6.07, 6.45) is 1.73. The van der Waals surface area contributed by atoms with Gasteiger partial charge in [0.05, 0.1) is 12.7 Å². The Morgan fingerprint density at radius 1 is 1.24 bits per heavy atom. The summed E-state index contributed by atoms with van der Waals surface area (Å²) < 4.78 is 5.14. The standard InChI is InChI=1S/C14H31NO2/c1-7-12(2)15(10-11-17-6)9-8-13(16)14(3,4)5/h12-13,16H,7-11H2,1-6H3. The fourth-order valence-corrected chi connectivity index (χ4v) is 1.74. The third kappa shape index (κ3) is 7.02. The minimum atomic E-state index is -0.239. The summed E-state index contributed by atoms with van der Waals surface area (Å²) in [7, 11) is 1.73. The Hall–Kier alpha value is -0.120. The lowest BCUT2D eigenvalue weighted by atomic mass is 9.87. The van der Waals surface area contributed by atoms with Crippen LogP contribution in [0, 0.1) is 5.41 Å². The molecular weight excluding hydrogens is 214 g/mol. The van der Waals surface area contributed by atoms with Crippen molar-refractivity contribution in [2.75, 3.05) is 26.8 Å². The lowest BCUT2D eigenvalue weighted by Gasteiger charge is -2.32. The summed E-state index contributed by atoms with van der Waals surface area (Å²) >= 11 is 0. The van der Waals surface area contributed by atoms with Gasteiger partial charge >= 0.3 is 0 Å². The van der Waals surface area contributed by atoms with Gasteiger partial charge in [0, 0.05) is 26.2 Å². The molecule has 0 aliphatic carbocycles. The van der Waals surface area contributed by atoms with Crippen LogP contribution in [0.15, 0.2) is 0 Å². The Bertz CT molecular complexity index is 189. The molecule has 1 N–H and O–H groups in total. The van der Waals surface area contributed by atoms with E-state index in [1.165, 1.54) is 0 Å². The molecule has 17 heavy (non-hydrogen) atoms. The monoisotopic (exact) mass is 245 g/mol. The third-order valence-corrected chi connectivity index (χ3v) is 3.49. The van der Waals surface area contributed by atoms with Gasteiger partial charge in [-0.25, -0.2) is 0 Å². The summed E-state index contributed by atoms with van der Waals surface area (Å²) in [4.78, 5) is 2.40. The van der Waals surface area contributed by atoms with E-state index < -0.39 is 0 Å². The second-order valence-electron chi connectivity index (χ2n) is 5.96. The molecule has 0 saturated carbocycles. The van der Waals surface area contributed by atoms with Gasteiger partial charge in [-0.15, -0.1) is 0 Å². The number of rotatable bonds is 8. The first-order valence-electron chi connectivity index (χ1n) is 6.74. The van der Waals surface area contributed by atoms with E-state index in [2.05, 4.69) is 39.5 Å². The van der Waals surface area contributed by atoms with Crippen molar-refractivity contribution >= 4 is 0 Å². The summed E-state index contributed by atoms with van der Waals surface area (Å²) in [6.45, 7) is 13.3. The maximum atomic E-state index is 10.1. The molecule has 0 spiro atoms. The van der Waals surface area contributed by atoms with Crippen molar-refractivity contribution in [3.05, 3.63) is 0 Å². The van der Waals surface area contributed by atoms with Crippen LogP contribution in [0.4, 0.5) is 0 Å². The predicted molar refractivity (Wildman–Crippen MR) is 73.3 cm³/mol. The molecule has 0 aliphatic heterocycles. The molecule has 104 valence electrons. The van der Waals surface area contributed by atoms with Crippen molar-refractivity contribution in [1.82, 2.24) is 4.90 Å². The third-order valence-electron chi connectivity index (χ3n) is 3.49. The summed E-state index contributed by atoms with van der Waals surface area (Å²) in [5.41, 5.74) is -0.0254. The predicted octanol–water partition coefficient (Wildman–Crippen LogP) is 2.53. The molecule has 0 aromatic rings. The number of ether oxygens (including phenoxy) is 1. The van der Waals surface area contributed by atoms with Crippen LogP contribution in [-0.4, -0.2) is 49.0 Å². The van der Waals surface area contributed by atoms with Crippen molar-refractivity contribution in [3.63, 3.8) is 0 Å². The first-order chi connectivity index (χ1) is 7.82. The van der Waals surface area contributed by atoms with Gasteiger partial charge in [0.25, 0.3) is 0 Å². The summed E-state index contributed by atoms with van der Waals surface area (Å²) in [5.74, 6) is 0. The normalized spacial score (nSPS) is 16.2. The highest BCUT2D eigenvalue weighted by atomic mass is 16.5. The second-order valence-corrected chi connectivity index (χ2v) is 5.96. The Morgan fingerprint density at radius 2 is 1.82 bits per heavy atom. The van der Waals surface area contributed by atoms with Crippen molar-refractivity contribution in [1.29, 1.82) is 0 Å². The van der Waals surface area contributed by atoms with Gasteiger partial charge < -0.3 is 9.84 Å². The van der Waals surface area contributed by atoms with E-state index in [0.717, 1.165) is 32.5 Å². The van der Waals surface area contributed by atoms with Crippen LogP contribution in [0.5, 0.6) is 0 Å². The van der Waals surface area contributed by atoms with E-state index in [4.69, 9.17) is 4.74 Å². The van der Waals surface area contributed by atoms with Gasteiger partial charge in [0.2, 0.25) is 0 Å². The molecule has 0 saturated heterocycles. The van der Waals surface area contributed by atoms with Gasteiger partial charge in [-0.1, -0.05) is 27.7 Å². The highest BCUT2D eigenvalue weighted by molar-refractivity contribution is 4.75. The lowest BCUT2D eigenvalue weighted by molar-refractivity contribution is 0.0365. The molecule has 0 aromatic carbocycles. The number of nitrogens with zero attached hydrogens (tertiary/aromatic N) is 1. The second kappa shape index (κ2) is 8.06. The van der Waals surface area contributed by atoms with Crippen LogP contribution >= 0.6 is 0 Å². The van der Waals surface area contributed by atoms with Gasteiger partial charge in [0.1, 0.15) is 0 Å².